The van der Waals surface area contributed by atoms with Crippen molar-refractivity contribution in [3.8, 4) is 5.69 Å². The third kappa shape index (κ3) is 2.70. The molecule has 2 N–H and O–H groups in total. The Morgan fingerprint density at radius 1 is 1.30 bits per heavy atom. The van der Waals surface area contributed by atoms with Crippen molar-refractivity contribution in [3.63, 3.8) is 0 Å². The fraction of sp³-hybridized carbons (Fsp3) is 0.438. The second-order valence-electron chi connectivity index (χ2n) is 6.17. The number of hydrogen-bond donors (Lipinski definition) is 2. The molecular formula is C16H22N2O2. The molecule has 2 rings (SSSR count). The molecule has 0 saturated carbocycles. The zero-order valence-corrected chi connectivity index (χ0v) is 12.5. The number of aliphatic hydroxyl groups is 1. The lowest BCUT2D eigenvalue weighted by atomic mass is 9.89. The third-order valence-corrected chi connectivity index (χ3v) is 3.36. The van der Waals surface area contributed by atoms with Crippen LogP contribution in [0.3, 0.4) is 0 Å². The molecule has 0 atom stereocenters. The summed E-state index contributed by atoms with van der Waals surface area (Å²) in [5.74, 6) is 0. The van der Waals surface area contributed by atoms with Crippen LogP contribution in [-0.4, -0.2) is 21.5 Å². The first kappa shape index (κ1) is 14.6. The molecule has 0 aliphatic carbocycles. The van der Waals surface area contributed by atoms with Gasteiger partial charge >= 0.3 is 0 Å². The van der Waals surface area contributed by atoms with Gasteiger partial charge in [0, 0.05) is 29.7 Å². The van der Waals surface area contributed by atoms with Crippen LogP contribution in [0.15, 0.2) is 29.1 Å². The van der Waals surface area contributed by atoms with Crippen LogP contribution in [0.2, 0.25) is 0 Å². The lowest BCUT2D eigenvalue weighted by Crippen LogP contribution is -2.19. The Morgan fingerprint density at radius 2 is 2.00 bits per heavy atom. The molecule has 1 aromatic heterocycles. The summed E-state index contributed by atoms with van der Waals surface area (Å²) < 4.78 is 1.57. The smallest absolute Gasteiger partial charge is 0.274 e. The van der Waals surface area contributed by atoms with Gasteiger partial charge in [0.05, 0.1) is 5.69 Å². The summed E-state index contributed by atoms with van der Waals surface area (Å²) in [6.45, 7) is 8.14. The van der Waals surface area contributed by atoms with Gasteiger partial charge in [-0.25, -0.2) is 4.68 Å². The number of benzene rings is 1. The van der Waals surface area contributed by atoms with E-state index in [1.165, 1.54) is 0 Å². The number of H-pyrrole nitrogens is 1. The van der Waals surface area contributed by atoms with Gasteiger partial charge in [-0.15, -0.1) is 0 Å². The van der Waals surface area contributed by atoms with Gasteiger partial charge < -0.3 is 5.11 Å². The maximum absolute atomic E-state index is 12.6. The number of aromatic nitrogens is 2. The first-order valence-corrected chi connectivity index (χ1v) is 6.87. The van der Waals surface area contributed by atoms with E-state index in [0.29, 0.717) is 12.0 Å². The number of rotatable bonds is 3. The largest absolute Gasteiger partial charge is 0.396 e. The van der Waals surface area contributed by atoms with Gasteiger partial charge in [-0.3, -0.25) is 9.89 Å². The molecule has 0 bridgehead atoms. The van der Waals surface area contributed by atoms with Crippen LogP contribution in [0.4, 0.5) is 0 Å². The molecule has 108 valence electrons. The molecule has 1 aromatic carbocycles. The summed E-state index contributed by atoms with van der Waals surface area (Å²) in [5, 5.41) is 12.4. The predicted octanol–water partition coefficient (Wildman–Crippen LogP) is 2.31. The number of nitrogens with one attached hydrogen (secondary N) is 1. The molecule has 0 saturated heterocycles. The minimum Gasteiger partial charge on any atom is -0.396 e. The molecule has 0 fully saturated rings. The fourth-order valence-corrected chi connectivity index (χ4v) is 2.38. The van der Waals surface area contributed by atoms with E-state index in [1.54, 1.807) is 4.68 Å². The number of aromatic amines is 1. The molecule has 1 heterocycles. The SMILES string of the molecule is Cc1cccc(-n2[nH]c(C(C)(C)C)c(CCO)c2=O)c1. The molecule has 4 heteroatoms. The Kier molecular flexibility index (Phi) is 3.86. The van der Waals surface area contributed by atoms with Crippen LogP contribution < -0.4 is 5.56 Å². The normalized spacial score (nSPS) is 11.8. The Labute approximate surface area is 119 Å². The average molecular weight is 274 g/mol. The summed E-state index contributed by atoms with van der Waals surface area (Å²) in [6, 6.07) is 7.80. The van der Waals surface area contributed by atoms with E-state index in [9.17, 15) is 9.90 Å². The van der Waals surface area contributed by atoms with E-state index in [1.807, 2.05) is 31.2 Å². The molecule has 0 aliphatic heterocycles. The number of aliphatic hydroxyl groups excluding tert-OH is 1. The van der Waals surface area contributed by atoms with E-state index in [-0.39, 0.29) is 17.6 Å². The van der Waals surface area contributed by atoms with Gasteiger partial charge in [-0.1, -0.05) is 32.9 Å². The van der Waals surface area contributed by atoms with Crippen LogP contribution in [0, 0.1) is 6.92 Å². The third-order valence-electron chi connectivity index (χ3n) is 3.36. The van der Waals surface area contributed by atoms with Crippen LogP contribution in [0.5, 0.6) is 0 Å². The summed E-state index contributed by atoms with van der Waals surface area (Å²) in [5.41, 5.74) is 3.24. The second-order valence-corrected chi connectivity index (χ2v) is 6.17. The van der Waals surface area contributed by atoms with E-state index in [0.717, 1.165) is 16.9 Å². The number of nitrogens with zero attached hydrogens (tertiary/aromatic N) is 1. The lowest BCUT2D eigenvalue weighted by Gasteiger charge is -2.18. The Hall–Kier alpha value is -1.81. The highest BCUT2D eigenvalue weighted by molar-refractivity contribution is 5.37. The minimum absolute atomic E-state index is 0.0238. The quantitative estimate of drug-likeness (QED) is 0.902. The molecular weight excluding hydrogens is 252 g/mol. The van der Waals surface area contributed by atoms with Crippen LogP contribution in [-0.2, 0) is 11.8 Å². The molecule has 0 radical (unpaired) electrons. The van der Waals surface area contributed by atoms with Crippen LogP contribution in [0.25, 0.3) is 5.69 Å². The molecule has 2 aromatic rings. The monoisotopic (exact) mass is 274 g/mol. The van der Waals surface area contributed by atoms with Gasteiger partial charge in [-0.2, -0.15) is 0 Å². The second kappa shape index (κ2) is 5.29. The molecule has 4 nitrogen and oxygen atoms in total. The van der Waals surface area contributed by atoms with Gasteiger partial charge in [-0.05, 0) is 24.6 Å². The van der Waals surface area contributed by atoms with Crippen LogP contribution >= 0.6 is 0 Å². The maximum atomic E-state index is 12.6. The average Bonchev–Trinajstić information content (AvgIpc) is 2.68. The van der Waals surface area contributed by atoms with Crippen molar-refractivity contribution >= 4 is 0 Å². The fourth-order valence-electron chi connectivity index (χ4n) is 2.38. The maximum Gasteiger partial charge on any atom is 0.274 e. The van der Waals surface area contributed by atoms with Crippen molar-refractivity contribution < 1.29 is 5.11 Å². The Balaban J connectivity index is 2.64. The van der Waals surface area contributed by atoms with E-state index < -0.39 is 0 Å². The zero-order valence-electron chi connectivity index (χ0n) is 12.5. The highest BCUT2D eigenvalue weighted by Gasteiger charge is 2.24. The van der Waals surface area contributed by atoms with Crippen molar-refractivity contribution in [2.75, 3.05) is 6.61 Å². The predicted molar refractivity (Wildman–Crippen MR) is 80.6 cm³/mol. The summed E-state index contributed by atoms with van der Waals surface area (Å²) >= 11 is 0. The molecule has 0 unspecified atom stereocenters. The topological polar surface area (TPSA) is 58.0 Å². The summed E-state index contributed by atoms with van der Waals surface area (Å²) in [6.07, 6.45) is 0.376. The number of aryl methyl sites for hydroxylation is 1. The van der Waals surface area contributed by atoms with E-state index >= 15 is 0 Å². The highest BCUT2D eigenvalue weighted by atomic mass is 16.3. The van der Waals surface area contributed by atoms with E-state index in [2.05, 4.69) is 25.9 Å². The van der Waals surface area contributed by atoms with Crippen molar-refractivity contribution in [2.45, 2.75) is 39.5 Å². The Bertz CT molecular complexity index is 660. The first-order chi connectivity index (χ1) is 9.34. The van der Waals surface area contributed by atoms with Gasteiger partial charge in [0.1, 0.15) is 0 Å². The molecule has 0 spiro atoms. The summed E-state index contributed by atoms with van der Waals surface area (Å²) in [4.78, 5) is 12.6. The Morgan fingerprint density at radius 3 is 2.55 bits per heavy atom. The first-order valence-electron chi connectivity index (χ1n) is 6.87. The van der Waals surface area contributed by atoms with Crippen LogP contribution in [0.1, 0.15) is 37.6 Å². The van der Waals surface area contributed by atoms with Gasteiger partial charge in [0.2, 0.25) is 0 Å². The van der Waals surface area contributed by atoms with Crippen molar-refractivity contribution in [1.29, 1.82) is 0 Å². The minimum atomic E-state index is -0.168. The summed E-state index contributed by atoms with van der Waals surface area (Å²) in [7, 11) is 0. The molecule has 0 amide bonds. The van der Waals surface area contributed by atoms with Gasteiger partial charge in [0.15, 0.2) is 0 Å². The highest BCUT2D eigenvalue weighted by Crippen LogP contribution is 2.23. The van der Waals surface area contributed by atoms with Gasteiger partial charge in [0.25, 0.3) is 5.56 Å². The lowest BCUT2D eigenvalue weighted by molar-refractivity contribution is 0.298. The van der Waals surface area contributed by atoms with Crippen molar-refractivity contribution in [1.82, 2.24) is 9.78 Å². The molecule has 0 aliphatic rings. The zero-order chi connectivity index (χ0) is 14.9. The van der Waals surface area contributed by atoms with Crippen molar-refractivity contribution in [2.24, 2.45) is 0 Å². The van der Waals surface area contributed by atoms with Crippen molar-refractivity contribution in [3.05, 3.63) is 51.4 Å². The number of hydrogen-bond acceptors (Lipinski definition) is 2. The standard InChI is InChI=1S/C16H22N2O2/c1-11-6-5-7-12(10-11)18-15(20)13(8-9-19)14(17-18)16(2,3)4/h5-7,10,17,19H,8-9H2,1-4H3. The van der Waals surface area contributed by atoms with E-state index in [4.69, 9.17) is 0 Å². The molecule has 20 heavy (non-hydrogen) atoms.